The molecule has 0 saturated carbocycles. The molecule has 1 atom stereocenters. The Hall–Kier alpha value is 0.430. The van der Waals surface area contributed by atoms with Gasteiger partial charge in [0.1, 0.15) is 0 Å². The molecule has 0 nitrogen and oxygen atoms in total. The zero-order valence-electron chi connectivity index (χ0n) is 6.83. The normalized spacial score (nSPS) is 14.8. The molecule has 0 fully saturated rings. The van der Waals surface area contributed by atoms with E-state index in [1.54, 1.807) is 0 Å². The molecule has 0 aliphatic carbocycles. The van der Waals surface area contributed by atoms with E-state index in [0.29, 0.717) is 17.6 Å². The summed E-state index contributed by atoms with van der Waals surface area (Å²) in [6.45, 7) is 1.92. The zero-order valence-corrected chi connectivity index (χ0v) is 8.40. The van der Waals surface area contributed by atoms with Crippen molar-refractivity contribution in [2.75, 3.05) is 17.4 Å². The molecule has 0 N–H and O–H groups in total. The van der Waals surface area contributed by atoms with Gasteiger partial charge in [-0.15, -0.1) is 11.6 Å². The van der Waals surface area contributed by atoms with Crippen molar-refractivity contribution < 1.29 is 13.2 Å². The molecular formula is C7H12ClF3S. The van der Waals surface area contributed by atoms with Crippen molar-refractivity contribution in [1.82, 2.24) is 0 Å². The lowest BCUT2D eigenvalue weighted by Crippen LogP contribution is -2.09. The predicted octanol–water partition coefficient (Wildman–Crippen LogP) is 3.55. The Bertz CT molecular complexity index is 116. The predicted molar refractivity (Wildman–Crippen MR) is 47.9 cm³/mol. The van der Waals surface area contributed by atoms with Crippen LogP contribution in [-0.2, 0) is 0 Å². The number of thioether (sulfide) groups is 1. The quantitative estimate of drug-likeness (QED) is 0.505. The minimum atomic E-state index is -4.02. The Kier molecular flexibility index (Phi) is 6.19. The second kappa shape index (κ2) is 5.97. The summed E-state index contributed by atoms with van der Waals surface area (Å²) in [4.78, 5) is 0. The van der Waals surface area contributed by atoms with Crippen molar-refractivity contribution in [3.05, 3.63) is 0 Å². The summed E-state index contributed by atoms with van der Waals surface area (Å²) < 4.78 is 34.9. The fourth-order valence-electron chi connectivity index (χ4n) is 0.517. The van der Waals surface area contributed by atoms with Crippen molar-refractivity contribution in [2.45, 2.75) is 19.5 Å². The molecule has 0 bridgehead atoms. The molecule has 0 aromatic heterocycles. The number of alkyl halides is 4. The maximum absolute atomic E-state index is 11.6. The van der Waals surface area contributed by atoms with Crippen LogP contribution in [-0.4, -0.2) is 23.6 Å². The summed E-state index contributed by atoms with van der Waals surface area (Å²) in [5.74, 6) is 1.66. The second-order valence-corrected chi connectivity index (χ2v) is 4.16. The summed E-state index contributed by atoms with van der Waals surface area (Å²) in [5, 5.41) is 0. The van der Waals surface area contributed by atoms with Crippen molar-refractivity contribution >= 4 is 23.4 Å². The van der Waals surface area contributed by atoms with Gasteiger partial charge in [0.25, 0.3) is 0 Å². The van der Waals surface area contributed by atoms with Gasteiger partial charge in [0, 0.05) is 11.6 Å². The van der Waals surface area contributed by atoms with Crippen molar-refractivity contribution in [3.63, 3.8) is 0 Å². The fourth-order valence-corrected chi connectivity index (χ4v) is 1.82. The van der Waals surface area contributed by atoms with E-state index >= 15 is 0 Å². The Morgan fingerprint density at radius 3 is 2.42 bits per heavy atom. The average molecular weight is 221 g/mol. The summed E-state index contributed by atoms with van der Waals surface area (Å²) in [6, 6.07) is 0. The first-order chi connectivity index (χ1) is 5.45. The lowest BCUT2D eigenvalue weighted by atomic mass is 10.3. The molecule has 0 heterocycles. The average Bonchev–Trinajstić information content (AvgIpc) is 1.96. The Morgan fingerprint density at radius 1 is 1.42 bits per heavy atom. The maximum atomic E-state index is 11.6. The monoisotopic (exact) mass is 220 g/mol. The number of hydrogen-bond acceptors (Lipinski definition) is 1. The molecule has 74 valence electrons. The van der Waals surface area contributed by atoms with E-state index in [1.807, 2.05) is 6.92 Å². The van der Waals surface area contributed by atoms with Gasteiger partial charge >= 0.3 is 6.18 Å². The summed E-state index contributed by atoms with van der Waals surface area (Å²) in [5.41, 5.74) is 0. The SMILES string of the molecule is CC(CCl)CSCCC(F)(F)F. The van der Waals surface area contributed by atoms with E-state index in [-0.39, 0.29) is 5.75 Å². The van der Waals surface area contributed by atoms with Crippen LogP contribution in [0.3, 0.4) is 0 Å². The third-order valence-corrected chi connectivity index (χ3v) is 3.02. The topological polar surface area (TPSA) is 0 Å². The van der Waals surface area contributed by atoms with Crippen LogP contribution in [0.5, 0.6) is 0 Å². The van der Waals surface area contributed by atoms with E-state index in [1.165, 1.54) is 11.8 Å². The lowest BCUT2D eigenvalue weighted by molar-refractivity contribution is -0.129. The number of hydrogen-bond donors (Lipinski definition) is 0. The van der Waals surface area contributed by atoms with E-state index in [9.17, 15) is 13.2 Å². The fraction of sp³-hybridized carbons (Fsp3) is 1.00. The van der Waals surface area contributed by atoms with Gasteiger partial charge in [-0.1, -0.05) is 6.92 Å². The summed E-state index contributed by atoms with van der Waals surface area (Å²) in [6.07, 6.45) is -4.72. The highest BCUT2D eigenvalue weighted by molar-refractivity contribution is 7.99. The van der Waals surface area contributed by atoms with E-state index < -0.39 is 12.6 Å². The maximum Gasteiger partial charge on any atom is 0.389 e. The highest BCUT2D eigenvalue weighted by Gasteiger charge is 2.26. The standard InChI is InChI=1S/C7H12ClF3S/c1-6(4-8)5-12-3-2-7(9,10)11/h6H,2-5H2,1H3. The van der Waals surface area contributed by atoms with Crippen LogP contribution in [0, 0.1) is 5.92 Å². The van der Waals surface area contributed by atoms with Gasteiger partial charge in [0.05, 0.1) is 6.42 Å². The summed E-state index contributed by atoms with van der Waals surface area (Å²) in [7, 11) is 0. The molecule has 5 heteroatoms. The second-order valence-electron chi connectivity index (χ2n) is 2.70. The highest BCUT2D eigenvalue weighted by atomic mass is 35.5. The van der Waals surface area contributed by atoms with Gasteiger partial charge in [0.2, 0.25) is 0 Å². The number of rotatable bonds is 5. The van der Waals surface area contributed by atoms with Crippen molar-refractivity contribution in [2.24, 2.45) is 5.92 Å². The molecule has 0 aliphatic heterocycles. The van der Waals surface area contributed by atoms with Gasteiger partial charge < -0.3 is 0 Å². The molecule has 0 radical (unpaired) electrons. The molecule has 12 heavy (non-hydrogen) atoms. The molecule has 0 spiro atoms. The molecule has 0 rings (SSSR count). The lowest BCUT2D eigenvalue weighted by Gasteiger charge is -2.08. The third kappa shape index (κ3) is 8.53. The van der Waals surface area contributed by atoms with Gasteiger partial charge in [-0.3, -0.25) is 0 Å². The van der Waals surface area contributed by atoms with Gasteiger partial charge in [-0.05, 0) is 11.7 Å². The molecule has 0 aromatic carbocycles. The summed E-state index contributed by atoms with van der Waals surface area (Å²) >= 11 is 6.79. The Morgan fingerprint density at radius 2 is 2.00 bits per heavy atom. The first-order valence-corrected chi connectivity index (χ1v) is 5.35. The first kappa shape index (κ1) is 12.4. The number of halogens is 4. The van der Waals surface area contributed by atoms with E-state index in [0.717, 1.165) is 0 Å². The van der Waals surface area contributed by atoms with Gasteiger partial charge in [-0.2, -0.15) is 24.9 Å². The molecule has 1 unspecified atom stereocenters. The van der Waals surface area contributed by atoms with Crippen LogP contribution >= 0.6 is 23.4 Å². The zero-order chi connectivity index (χ0) is 9.61. The highest BCUT2D eigenvalue weighted by Crippen LogP contribution is 2.22. The van der Waals surface area contributed by atoms with Crippen molar-refractivity contribution in [1.29, 1.82) is 0 Å². The minimum Gasteiger partial charge on any atom is -0.171 e. The van der Waals surface area contributed by atoms with Crippen LogP contribution in [0.1, 0.15) is 13.3 Å². The van der Waals surface area contributed by atoms with E-state index in [2.05, 4.69) is 0 Å². The Labute approximate surface area is 79.9 Å². The molecule has 0 aliphatic rings. The van der Waals surface area contributed by atoms with Crippen LogP contribution in [0.25, 0.3) is 0 Å². The van der Waals surface area contributed by atoms with E-state index in [4.69, 9.17) is 11.6 Å². The smallest absolute Gasteiger partial charge is 0.171 e. The largest absolute Gasteiger partial charge is 0.389 e. The van der Waals surface area contributed by atoms with Crippen LogP contribution < -0.4 is 0 Å². The molecular weight excluding hydrogens is 209 g/mol. The minimum absolute atomic E-state index is 0.144. The molecule has 0 amide bonds. The first-order valence-electron chi connectivity index (χ1n) is 3.66. The van der Waals surface area contributed by atoms with Gasteiger partial charge in [-0.25, -0.2) is 0 Å². The Balaban J connectivity index is 3.22. The van der Waals surface area contributed by atoms with Crippen LogP contribution in [0.2, 0.25) is 0 Å². The molecule has 0 saturated heterocycles. The molecule has 0 aromatic rings. The van der Waals surface area contributed by atoms with Gasteiger partial charge in [0.15, 0.2) is 0 Å². The van der Waals surface area contributed by atoms with Crippen molar-refractivity contribution in [3.8, 4) is 0 Å². The van der Waals surface area contributed by atoms with Crippen LogP contribution in [0.15, 0.2) is 0 Å². The third-order valence-electron chi connectivity index (χ3n) is 1.20. The van der Waals surface area contributed by atoms with Crippen LogP contribution in [0.4, 0.5) is 13.2 Å².